The van der Waals surface area contributed by atoms with Crippen molar-refractivity contribution in [3.63, 3.8) is 0 Å². The van der Waals surface area contributed by atoms with Gasteiger partial charge in [-0.15, -0.1) is 0 Å². The van der Waals surface area contributed by atoms with E-state index in [1.165, 1.54) is 0 Å². The van der Waals surface area contributed by atoms with Crippen LogP contribution in [0.1, 0.15) is 32.6 Å². The first kappa shape index (κ1) is 11.4. The Labute approximate surface area is 72.4 Å². The molecule has 0 aliphatic heterocycles. The zero-order valence-electron chi connectivity index (χ0n) is 7.42. The molecule has 0 saturated heterocycles. The third-order valence-corrected chi connectivity index (χ3v) is 2.09. The van der Waals surface area contributed by atoms with Gasteiger partial charge in [0.05, 0.1) is 0 Å². The molecule has 0 heterocycles. The molecule has 0 rings (SSSR count). The zero-order chi connectivity index (χ0) is 9.61. The minimum absolute atomic E-state index is 0.0966. The van der Waals surface area contributed by atoms with E-state index in [-0.39, 0.29) is 6.61 Å². The van der Waals surface area contributed by atoms with Gasteiger partial charge in [-0.3, -0.25) is 4.79 Å². The van der Waals surface area contributed by atoms with Gasteiger partial charge in [-0.05, 0) is 25.7 Å². The van der Waals surface area contributed by atoms with Gasteiger partial charge >= 0.3 is 5.97 Å². The molecular weight excluding hydrogens is 158 g/mol. The molecule has 0 fully saturated rings. The maximum absolute atomic E-state index is 10.7. The highest BCUT2D eigenvalue weighted by atomic mass is 16.4. The monoisotopic (exact) mass is 175 g/mol. The lowest BCUT2D eigenvalue weighted by Gasteiger charge is -2.22. The van der Waals surface area contributed by atoms with Crippen molar-refractivity contribution >= 4 is 5.97 Å². The molecule has 0 aromatic rings. The summed E-state index contributed by atoms with van der Waals surface area (Å²) in [6.45, 7) is 1.85. The van der Waals surface area contributed by atoms with Gasteiger partial charge in [0.1, 0.15) is 5.54 Å². The summed E-state index contributed by atoms with van der Waals surface area (Å²) in [4.78, 5) is 10.7. The van der Waals surface area contributed by atoms with Crippen LogP contribution in [0.4, 0.5) is 0 Å². The Balaban J connectivity index is 3.88. The highest BCUT2D eigenvalue weighted by molar-refractivity contribution is 5.78. The van der Waals surface area contributed by atoms with Crippen molar-refractivity contribution in [2.24, 2.45) is 5.73 Å². The normalized spacial score (nSPS) is 15.6. The molecule has 4 nitrogen and oxygen atoms in total. The van der Waals surface area contributed by atoms with Gasteiger partial charge in [-0.2, -0.15) is 0 Å². The van der Waals surface area contributed by atoms with Crippen LogP contribution >= 0.6 is 0 Å². The Morgan fingerprint density at radius 1 is 1.50 bits per heavy atom. The van der Waals surface area contributed by atoms with Crippen LogP contribution in [0.2, 0.25) is 0 Å². The van der Waals surface area contributed by atoms with Gasteiger partial charge in [-0.1, -0.05) is 6.92 Å². The Morgan fingerprint density at radius 2 is 2.08 bits per heavy atom. The number of hydrogen-bond acceptors (Lipinski definition) is 3. The summed E-state index contributed by atoms with van der Waals surface area (Å²) in [7, 11) is 0. The second-order valence-electron chi connectivity index (χ2n) is 3.00. The van der Waals surface area contributed by atoms with E-state index in [0.717, 1.165) is 0 Å². The average Bonchev–Trinajstić information content (AvgIpc) is 2.04. The molecule has 0 saturated carbocycles. The molecule has 0 bridgehead atoms. The minimum atomic E-state index is -1.10. The van der Waals surface area contributed by atoms with Crippen LogP contribution < -0.4 is 5.73 Å². The van der Waals surface area contributed by atoms with Crippen LogP contribution in [-0.4, -0.2) is 28.3 Å². The van der Waals surface area contributed by atoms with E-state index in [1.54, 1.807) is 6.92 Å². The molecule has 12 heavy (non-hydrogen) atoms. The topological polar surface area (TPSA) is 83.5 Å². The molecule has 4 heteroatoms. The molecule has 0 amide bonds. The summed E-state index contributed by atoms with van der Waals surface area (Å²) >= 11 is 0. The van der Waals surface area contributed by atoms with Crippen molar-refractivity contribution in [1.82, 2.24) is 0 Å². The second kappa shape index (κ2) is 5.11. The summed E-state index contributed by atoms with van der Waals surface area (Å²) in [5.74, 6) is -0.956. The van der Waals surface area contributed by atoms with Crippen LogP contribution in [0.3, 0.4) is 0 Å². The van der Waals surface area contributed by atoms with Gasteiger partial charge < -0.3 is 15.9 Å². The van der Waals surface area contributed by atoms with E-state index in [4.69, 9.17) is 15.9 Å². The largest absolute Gasteiger partial charge is 0.480 e. The van der Waals surface area contributed by atoms with E-state index in [2.05, 4.69) is 0 Å². The molecule has 0 aromatic heterocycles. The first-order valence-corrected chi connectivity index (χ1v) is 4.20. The summed E-state index contributed by atoms with van der Waals surface area (Å²) in [6, 6.07) is 0. The number of nitrogens with two attached hydrogens (primary N) is 1. The maximum Gasteiger partial charge on any atom is 0.323 e. The smallest absolute Gasteiger partial charge is 0.323 e. The molecule has 4 N–H and O–H groups in total. The third kappa shape index (κ3) is 3.19. The molecular formula is C8H17NO3. The van der Waals surface area contributed by atoms with Gasteiger partial charge in [0.25, 0.3) is 0 Å². The van der Waals surface area contributed by atoms with E-state index in [9.17, 15) is 4.79 Å². The Bertz CT molecular complexity index is 149. The SMILES string of the molecule is CCC(N)(CCCCO)C(=O)O. The van der Waals surface area contributed by atoms with Crippen molar-refractivity contribution in [3.05, 3.63) is 0 Å². The molecule has 0 spiro atoms. The van der Waals surface area contributed by atoms with E-state index in [0.29, 0.717) is 25.7 Å². The van der Waals surface area contributed by atoms with Crippen LogP contribution in [0, 0.1) is 0 Å². The zero-order valence-corrected chi connectivity index (χ0v) is 7.42. The summed E-state index contributed by atoms with van der Waals surface area (Å²) in [6.07, 6.45) is 2.13. The number of hydrogen-bond donors (Lipinski definition) is 3. The first-order chi connectivity index (χ1) is 5.56. The van der Waals surface area contributed by atoms with Crippen molar-refractivity contribution < 1.29 is 15.0 Å². The predicted molar refractivity (Wildman–Crippen MR) is 45.8 cm³/mol. The van der Waals surface area contributed by atoms with Crippen LogP contribution in [0.5, 0.6) is 0 Å². The highest BCUT2D eigenvalue weighted by Gasteiger charge is 2.30. The van der Waals surface area contributed by atoms with E-state index >= 15 is 0 Å². The van der Waals surface area contributed by atoms with Gasteiger partial charge in [0.2, 0.25) is 0 Å². The lowest BCUT2D eigenvalue weighted by Crippen LogP contribution is -2.47. The van der Waals surface area contributed by atoms with E-state index < -0.39 is 11.5 Å². The van der Waals surface area contributed by atoms with Crippen molar-refractivity contribution in [1.29, 1.82) is 0 Å². The molecule has 0 aliphatic rings. The average molecular weight is 175 g/mol. The van der Waals surface area contributed by atoms with Gasteiger partial charge in [0.15, 0.2) is 0 Å². The second-order valence-corrected chi connectivity index (χ2v) is 3.00. The number of carboxylic acid groups (broad SMARTS) is 1. The molecule has 0 radical (unpaired) electrons. The van der Waals surface area contributed by atoms with Crippen LogP contribution in [0.15, 0.2) is 0 Å². The van der Waals surface area contributed by atoms with Crippen molar-refractivity contribution in [2.75, 3.05) is 6.61 Å². The highest BCUT2D eigenvalue weighted by Crippen LogP contribution is 2.15. The quantitative estimate of drug-likeness (QED) is 0.508. The number of carbonyl (C=O) groups is 1. The number of aliphatic hydroxyl groups is 1. The van der Waals surface area contributed by atoms with Crippen LogP contribution in [-0.2, 0) is 4.79 Å². The minimum Gasteiger partial charge on any atom is -0.480 e. The number of carboxylic acids is 1. The summed E-state index contributed by atoms with van der Waals surface area (Å²) < 4.78 is 0. The fourth-order valence-electron chi connectivity index (χ4n) is 0.987. The standard InChI is InChI=1S/C8H17NO3/c1-2-8(9,7(11)12)5-3-4-6-10/h10H,2-6,9H2,1H3,(H,11,12). The molecule has 1 atom stereocenters. The number of rotatable bonds is 6. The molecule has 0 aliphatic carbocycles. The molecule has 1 unspecified atom stereocenters. The van der Waals surface area contributed by atoms with Crippen molar-refractivity contribution in [2.45, 2.75) is 38.1 Å². The Morgan fingerprint density at radius 3 is 2.42 bits per heavy atom. The molecule has 0 aromatic carbocycles. The summed E-state index contributed by atoms with van der Waals surface area (Å²) in [5, 5.41) is 17.2. The lowest BCUT2D eigenvalue weighted by atomic mass is 9.91. The van der Waals surface area contributed by atoms with Crippen molar-refractivity contribution in [3.8, 4) is 0 Å². The summed E-state index contributed by atoms with van der Waals surface area (Å²) in [5.41, 5.74) is 4.50. The van der Waals surface area contributed by atoms with E-state index in [1.807, 2.05) is 0 Å². The Hall–Kier alpha value is -0.610. The first-order valence-electron chi connectivity index (χ1n) is 4.20. The fourth-order valence-corrected chi connectivity index (χ4v) is 0.987. The fraction of sp³-hybridized carbons (Fsp3) is 0.875. The van der Waals surface area contributed by atoms with Crippen LogP contribution in [0.25, 0.3) is 0 Å². The number of aliphatic hydroxyl groups excluding tert-OH is 1. The lowest BCUT2D eigenvalue weighted by molar-refractivity contribution is -0.143. The maximum atomic E-state index is 10.7. The number of aliphatic carboxylic acids is 1. The third-order valence-electron chi connectivity index (χ3n) is 2.09. The Kier molecular flexibility index (Phi) is 4.85. The predicted octanol–water partition coefficient (Wildman–Crippen LogP) is 0.341. The molecule has 72 valence electrons. The number of unbranched alkanes of at least 4 members (excludes halogenated alkanes) is 1. The van der Waals surface area contributed by atoms with Gasteiger partial charge in [0, 0.05) is 6.61 Å². The van der Waals surface area contributed by atoms with Gasteiger partial charge in [-0.25, -0.2) is 0 Å².